The molecule has 30 heavy (non-hydrogen) atoms. The molecule has 2 aromatic rings. The molecular formula is C24H29N3O3. The molecule has 0 saturated carbocycles. The molecule has 0 aliphatic carbocycles. The summed E-state index contributed by atoms with van der Waals surface area (Å²) < 4.78 is 0. The maximum Gasteiger partial charge on any atom is 0.321 e. The van der Waals surface area contributed by atoms with Crippen molar-refractivity contribution in [2.24, 2.45) is 5.92 Å². The van der Waals surface area contributed by atoms with Crippen molar-refractivity contribution in [3.05, 3.63) is 65.7 Å². The van der Waals surface area contributed by atoms with Gasteiger partial charge in [0, 0.05) is 41.4 Å². The van der Waals surface area contributed by atoms with Crippen molar-refractivity contribution >= 4 is 23.4 Å². The number of nitrogens with zero attached hydrogens (tertiary/aromatic N) is 1. The van der Waals surface area contributed by atoms with E-state index in [9.17, 15) is 14.4 Å². The molecule has 1 aliphatic rings. The second-order valence-corrected chi connectivity index (χ2v) is 8.71. The molecule has 0 aromatic heterocycles. The van der Waals surface area contributed by atoms with Gasteiger partial charge in [0.25, 0.3) is 5.91 Å². The minimum Gasteiger partial charge on any atom is -0.347 e. The molecule has 0 spiro atoms. The van der Waals surface area contributed by atoms with Gasteiger partial charge < -0.3 is 15.5 Å². The molecule has 1 heterocycles. The number of Topliss-reactive ketones (excluding diaryl/α,β-unsaturated/α-hetero) is 1. The van der Waals surface area contributed by atoms with Crippen LogP contribution in [0.25, 0.3) is 0 Å². The zero-order valence-electron chi connectivity index (χ0n) is 17.8. The molecule has 0 radical (unpaired) electrons. The number of anilines is 1. The van der Waals surface area contributed by atoms with E-state index in [0.29, 0.717) is 37.2 Å². The molecule has 158 valence electrons. The Morgan fingerprint density at radius 2 is 1.53 bits per heavy atom. The van der Waals surface area contributed by atoms with Crippen LogP contribution in [0.5, 0.6) is 0 Å². The number of rotatable bonds is 4. The monoisotopic (exact) mass is 407 g/mol. The molecule has 1 saturated heterocycles. The summed E-state index contributed by atoms with van der Waals surface area (Å²) in [4.78, 5) is 39.3. The minimum atomic E-state index is -0.335. The maximum atomic E-state index is 12.7. The van der Waals surface area contributed by atoms with Crippen LogP contribution in [0.3, 0.4) is 0 Å². The Hall–Kier alpha value is -3.15. The number of carbonyl (C=O) groups excluding carboxylic acids is 3. The summed E-state index contributed by atoms with van der Waals surface area (Å²) >= 11 is 0. The van der Waals surface area contributed by atoms with Crippen molar-refractivity contribution in [3.8, 4) is 0 Å². The predicted octanol–water partition coefficient (Wildman–Crippen LogP) is 4.34. The van der Waals surface area contributed by atoms with E-state index in [0.717, 1.165) is 5.56 Å². The molecule has 1 fully saturated rings. The highest BCUT2D eigenvalue weighted by molar-refractivity contribution is 5.98. The molecular weight excluding hydrogens is 378 g/mol. The number of piperidine rings is 1. The third-order valence-electron chi connectivity index (χ3n) is 5.08. The van der Waals surface area contributed by atoms with Crippen LogP contribution in [0.4, 0.5) is 10.5 Å². The fourth-order valence-corrected chi connectivity index (χ4v) is 3.54. The van der Waals surface area contributed by atoms with Crippen molar-refractivity contribution in [2.45, 2.75) is 39.2 Å². The second-order valence-electron chi connectivity index (χ2n) is 8.71. The number of likely N-dealkylation sites (tertiary alicyclic amines) is 1. The van der Waals surface area contributed by atoms with Crippen LogP contribution in [0.2, 0.25) is 0 Å². The van der Waals surface area contributed by atoms with Gasteiger partial charge >= 0.3 is 6.03 Å². The van der Waals surface area contributed by atoms with Crippen molar-refractivity contribution in [3.63, 3.8) is 0 Å². The van der Waals surface area contributed by atoms with Crippen LogP contribution in [0, 0.1) is 5.92 Å². The molecule has 2 N–H and O–H groups in total. The van der Waals surface area contributed by atoms with E-state index < -0.39 is 0 Å². The van der Waals surface area contributed by atoms with Crippen LogP contribution < -0.4 is 10.6 Å². The van der Waals surface area contributed by atoms with Gasteiger partial charge in [-0.05, 0) is 51.8 Å². The third-order valence-corrected chi connectivity index (χ3v) is 5.08. The lowest BCUT2D eigenvalue weighted by Gasteiger charge is -2.31. The van der Waals surface area contributed by atoms with Gasteiger partial charge in [-0.2, -0.15) is 0 Å². The van der Waals surface area contributed by atoms with Crippen LogP contribution in [0.1, 0.15) is 54.3 Å². The zero-order chi connectivity index (χ0) is 21.7. The summed E-state index contributed by atoms with van der Waals surface area (Å²) in [6.07, 6.45) is 1.30. The first-order chi connectivity index (χ1) is 14.2. The van der Waals surface area contributed by atoms with Gasteiger partial charge in [0.1, 0.15) is 0 Å². The van der Waals surface area contributed by atoms with Crippen LogP contribution in [-0.2, 0) is 0 Å². The Labute approximate surface area is 177 Å². The Morgan fingerprint density at radius 3 is 2.17 bits per heavy atom. The predicted molar refractivity (Wildman–Crippen MR) is 118 cm³/mol. The summed E-state index contributed by atoms with van der Waals surface area (Å²) in [5.74, 6) is -0.0899. The van der Waals surface area contributed by atoms with Crippen molar-refractivity contribution in [1.29, 1.82) is 0 Å². The Bertz CT molecular complexity index is 911. The fraction of sp³-hybridized carbons (Fsp3) is 0.375. The van der Waals surface area contributed by atoms with Crippen LogP contribution in [0.15, 0.2) is 54.6 Å². The molecule has 0 atom stereocenters. The van der Waals surface area contributed by atoms with E-state index in [4.69, 9.17) is 0 Å². The largest absolute Gasteiger partial charge is 0.347 e. The first-order valence-electron chi connectivity index (χ1n) is 10.3. The summed E-state index contributed by atoms with van der Waals surface area (Å²) in [7, 11) is 0. The van der Waals surface area contributed by atoms with Gasteiger partial charge in [-0.15, -0.1) is 0 Å². The highest BCUT2D eigenvalue weighted by Crippen LogP contribution is 2.22. The summed E-state index contributed by atoms with van der Waals surface area (Å²) in [6.45, 7) is 6.81. The van der Waals surface area contributed by atoms with E-state index in [2.05, 4.69) is 10.6 Å². The number of hydrogen-bond acceptors (Lipinski definition) is 3. The Kier molecular flexibility index (Phi) is 6.55. The van der Waals surface area contributed by atoms with Gasteiger partial charge in [0.2, 0.25) is 0 Å². The normalized spacial score (nSPS) is 14.8. The second kappa shape index (κ2) is 9.11. The summed E-state index contributed by atoms with van der Waals surface area (Å²) in [6, 6.07) is 16.0. The van der Waals surface area contributed by atoms with E-state index in [1.165, 1.54) is 0 Å². The Balaban J connectivity index is 1.55. The average Bonchev–Trinajstić information content (AvgIpc) is 2.73. The maximum absolute atomic E-state index is 12.7. The van der Waals surface area contributed by atoms with Gasteiger partial charge in [-0.25, -0.2) is 4.79 Å². The molecule has 0 unspecified atom stereocenters. The van der Waals surface area contributed by atoms with E-state index >= 15 is 0 Å². The zero-order valence-corrected chi connectivity index (χ0v) is 17.8. The quantitative estimate of drug-likeness (QED) is 0.740. The highest BCUT2D eigenvalue weighted by Gasteiger charge is 2.28. The van der Waals surface area contributed by atoms with E-state index in [1.54, 1.807) is 29.2 Å². The topological polar surface area (TPSA) is 78.5 Å². The number of amides is 3. The number of carbonyl (C=O) groups is 3. The Morgan fingerprint density at radius 1 is 0.900 bits per heavy atom. The lowest BCUT2D eigenvalue weighted by Crippen LogP contribution is -2.42. The molecule has 1 aliphatic heterocycles. The summed E-state index contributed by atoms with van der Waals surface area (Å²) in [5.41, 5.74) is 1.46. The molecule has 6 heteroatoms. The van der Waals surface area contributed by atoms with Crippen LogP contribution in [-0.4, -0.2) is 41.2 Å². The van der Waals surface area contributed by atoms with Gasteiger partial charge in [-0.1, -0.05) is 36.4 Å². The lowest BCUT2D eigenvalue weighted by atomic mass is 9.89. The van der Waals surface area contributed by atoms with Crippen molar-refractivity contribution in [2.75, 3.05) is 18.4 Å². The number of hydrogen-bond donors (Lipinski definition) is 2. The molecule has 6 nitrogen and oxygen atoms in total. The third kappa shape index (κ3) is 5.69. The smallest absolute Gasteiger partial charge is 0.321 e. The highest BCUT2D eigenvalue weighted by atomic mass is 16.2. The standard InChI is InChI=1S/C24H29N3O3/c1-24(2,3)26-22(29)19-10-7-11-20(16-19)25-23(30)27-14-12-18(13-15-27)21(28)17-8-5-4-6-9-17/h4-11,16,18H,12-15H2,1-3H3,(H,25,30)(H,26,29). The number of ketones is 1. The van der Waals surface area contributed by atoms with Gasteiger partial charge in [0.05, 0.1) is 0 Å². The van der Waals surface area contributed by atoms with Crippen LogP contribution >= 0.6 is 0 Å². The lowest BCUT2D eigenvalue weighted by molar-refractivity contribution is 0.0858. The summed E-state index contributed by atoms with van der Waals surface area (Å²) in [5, 5.41) is 5.78. The van der Waals surface area contributed by atoms with Gasteiger partial charge in [0.15, 0.2) is 5.78 Å². The number of nitrogens with one attached hydrogen (secondary N) is 2. The molecule has 0 bridgehead atoms. The first kappa shape index (κ1) is 21.6. The molecule has 2 aromatic carbocycles. The number of benzene rings is 2. The molecule has 3 amide bonds. The average molecular weight is 408 g/mol. The van der Waals surface area contributed by atoms with Crippen molar-refractivity contribution in [1.82, 2.24) is 10.2 Å². The van der Waals surface area contributed by atoms with Crippen molar-refractivity contribution < 1.29 is 14.4 Å². The minimum absolute atomic E-state index is 0.0547. The number of urea groups is 1. The molecule has 3 rings (SSSR count). The fourth-order valence-electron chi connectivity index (χ4n) is 3.54. The SMILES string of the molecule is CC(C)(C)NC(=O)c1cccc(NC(=O)N2CCC(C(=O)c3ccccc3)CC2)c1. The van der Waals surface area contributed by atoms with E-state index in [-0.39, 0.29) is 29.2 Å². The van der Waals surface area contributed by atoms with E-state index in [1.807, 2.05) is 51.1 Å². The first-order valence-corrected chi connectivity index (χ1v) is 10.3. The van der Waals surface area contributed by atoms with Gasteiger partial charge in [-0.3, -0.25) is 9.59 Å².